The Kier molecular flexibility index (Phi) is 4.00. The van der Waals surface area contributed by atoms with Crippen molar-refractivity contribution in [3.8, 4) is 0 Å². The Balaban J connectivity index is 2.26. The van der Waals surface area contributed by atoms with Crippen molar-refractivity contribution in [2.45, 2.75) is 63.2 Å². The minimum Gasteiger partial charge on any atom is -0.444 e. The van der Waals surface area contributed by atoms with Gasteiger partial charge in [-0.25, -0.2) is 13.2 Å². The summed E-state index contributed by atoms with van der Waals surface area (Å²) < 4.78 is 66.1. The second kappa shape index (κ2) is 5.14. The van der Waals surface area contributed by atoms with Crippen LogP contribution in [0.1, 0.15) is 40.0 Å². The fourth-order valence-electron chi connectivity index (χ4n) is 2.74. The van der Waals surface area contributed by atoms with E-state index in [0.29, 0.717) is 12.8 Å². The zero-order valence-corrected chi connectivity index (χ0v) is 13.3. The van der Waals surface area contributed by atoms with E-state index in [-0.39, 0.29) is 6.42 Å². The molecule has 0 N–H and O–H groups in total. The lowest BCUT2D eigenvalue weighted by atomic mass is 10.1. The molecule has 126 valence electrons. The van der Waals surface area contributed by atoms with E-state index in [4.69, 9.17) is 4.74 Å². The number of rotatable bonds is 1. The number of halogens is 3. The maximum absolute atomic E-state index is 12.6. The largest absolute Gasteiger partial charge is 0.501 e. The van der Waals surface area contributed by atoms with Gasteiger partial charge >= 0.3 is 11.6 Å². The average Bonchev–Trinajstić information content (AvgIpc) is 2.56. The molecule has 1 fully saturated rings. The summed E-state index contributed by atoms with van der Waals surface area (Å²) in [4.78, 5) is 12.8. The lowest BCUT2D eigenvalue weighted by Gasteiger charge is -2.35. The Morgan fingerprint density at radius 1 is 1.27 bits per heavy atom. The molecule has 1 amide bonds. The maximum Gasteiger partial charge on any atom is 0.501 e. The zero-order valence-electron chi connectivity index (χ0n) is 12.5. The van der Waals surface area contributed by atoms with Crippen molar-refractivity contribution < 1.29 is 31.1 Å². The lowest BCUT2D eigenvalue weighted by molar-refractivity contribution is -0.0428. The van der Waals surface area contributed by atoms with Gasteiger partial charge in [0.05, 0.1) is 10.9 Å². The number of carbonyl (C=O) groups is 1. The summed E-state index contributed by atoms with van der Waals surface area (Å²) in [5.41, 5.74) is -6.04. The Morgan fingerprint density at radius 2 is 1.86 bits per heavy atom. The van der Waals surface area contributed by atoms with Gasteiger partial charge in [0.15, 0.2) is 0 Å². The highest BCUT2D eigenvalue weighted by Crippen LogP contribution is 2.41. The van der Waals surface area contributed by atoms with Crippen molar-refractivity contribution in [3.05, 3.63) is 11.0 Å². The quantitative estimate of drug-likeness (QED) is 0.735. The summed E-state index contributed by atoms with van der Waals surface area (Å²) in [6.07, 6.45) is 0.978. The summed E-state index contributed by atoms with van der Waals surface area (Å²) in [6.45, 7) is 5.06. The predicted molar refractivity (Wildman–Crippen MR) is 72.6 cm³/mol. The third-order valence-corrected chi connectivity index (χ3v) is 5.22. The highest BCUT2D eigenvalue weighted by Gasteiger charge is 2.52. The van der Waals surface area contributed by atoms with Crippen LogP contribution < -0.4 is 0 Å². The molecule has 2 rings (SSSR count). The molecule has 0 aliphatic carbocycles. The van der Waals surface area contributed by atoms with Crippen LogP contribution in [-0.4, -0.2) is 42.6 Å². The summed E-state index contributed by atoms with van der Waals surface area (Å²) >= 11 is 0. The summed E-state index contributed by atoms with van der Waals surface area (Å²) in [5, 5.41) is 0. The molecule has 0 aromatic carbocycles. The molecule has 0 aromatic heterocycles. The van der Waals surface area contributed by atoms with Gasteiger partial charge in [0.25, 0.3) is 9.84 Å². The zero-order chi connectivity index (χ0) is 16.9. The first-order chi connectivity index (χ1) is 9.83. The van der Waals surface area contributed by atoms with Crippen LogP contribution in [0.2, 0.25) is 0 Å². The fraction of sp³-hybridized carbons (Fsp3) is 0.769. The maximum atomic E-state index is 12.6. The molecule has 22 heavy (non-hydrogen) atoms. The van der Waals surface area contributed by atoms with Crippen molar-refractivity contribution in [1.29, 1.82) is 0 Å². The molecule has 9 heteroatoms. The van der Waals surface area contributed by atoms with Crippen LogP contribution in [0.25, 0.3) is 0 Å². The Bertz CT molecular complexity index is 604. The van der Waals surface area contributed by atoms with Crippen LogP contribution in [0.15, 0.2) is 11.0 Å². The number of nitrogens with zero attached hydrogens (tertiary/aromatic N) is 1. The first-order valence-corrected chi connectivity index (χ1v) is 8.34. The number of ether oxygens (including phenoxy) is 1. The Hall–Kier alpha value is -1.25. The molecule has 0 saturated carbocycles. The van der Waals surface area contributed by atoms with Crippen molar-refractivity contribution >= 4 is 15.9 Å². The molecule has 0 aromatic rings. The molecular formula is C13H18F3NO4S. The van der Waals surface area contributed by atoms with Crippen LogP contribution >= 0.6 is 0 Å². The van der Waals surface area contributed by atoms with E-state index in [1.807, 2.05) is 0 Å². The number of alkyl halides is 3. The van der Waals surface area contributed by atoms with E-state index >= 15 is 0 Å². The minimum atomic E-state index is -5.33. The summed E-state index contributed by atoms with van der Waals surface area (Å²) in [6, 6.07) is -1.24. The Morgan fingerprint density at radius 3 is 2.32 bits per heavy atom. The molecule has 2 heterocycles. The third kappa shape index (κ3) is 3.09. The van der Waals surface area contributed by atoms with Gasteiger partial charge in [-0.05, 0) is 39.7 Å². The molecule has 2 bridgehead atoms. The van der Waals surface area contributed by atoms with Gasteiger partial charge in [-0.2, -0.15) is 13.2 Å². The van der Waals surface area contributed by atoms with Crippen LogP contribution in [0, 0.1) is 0 Å². The monoisotopic (exact) mass is 341 g/mol. The molecule has 0 radical (unpaired) electrons. The standard InChI is InChI=1S/C13H18F3NO4S/c1-12(2,3)21-11(18)17-8-4-5-9(17)7-10(6-8)22(19,20)13(14,15)16/h6,8-9H,4-5,7H2,1-3H3. The Labute approximate surface area is 127 Å². The fourth-order valence-corrected chi connectivity index (χ4v) is 3.78. The minimum absolute atomic E-state index is 0.322. The van der Waals surface area contributed by atoms with Gasteiger partial charge in [-0.1, -0.05) is 0 Å². The summed E-state index contributed by atoms with van der Waals surface area (Å²) in [7, 11) is -5.33. The highest BCUT2D eigenvalue weighted by atomic mass is 32.2. The number of hydrogen-bond donors (Lipinski definition) is 0. The van der Waals surface area contributed by atoms with Crippen LogP contribution in [0.3, 0.4) is 0 Å². The molecule has 2 aliphatic rings. The number of amides is 1. The van der Waals surface area contributed by atoms with E-state index in [2.05, 4.69) is 0 Å². The summed E-state index contributed by atoms with van der Waals surface area (Å²) in [5.74, 6) is 0. The number of hydrogen-bond acceptors (Lipinski definition) is 4. The van der Waals surface area contributed by atoms with Gasteiger partial charge < -0.3 is 4.74 Å². The molecule has 0 spiro atoms. The van der Waals surface area contributed by atoms with Crippen LogP contribution in [-0.2, 0) is 14.6 Å². The van der Waals surface area contributed by atoms with E-state index in [0.717, 1.165) is 6.08 Å². The van der Waals surface area contributed by atoms with Crippen molar-refractivity contribution in [2.75, 3.05) is 0 Å². The predicted octanol–water partition coefficient (Wildman–Crippen LogP) is 2.98. The second-order valence-electron chi connectivity index (χ2n) is 6.47. The SMILES string of the molecule is CC(C)(C)OC(=O)N1C2C=C(S(=O)(=O)C(F)(F)F)CC1CC2. The van der Waals surface area contributed by atoms with Gasteiger partial charge in [-0.15, -0.1) is 0 Å². The van der Waals surface area contributed by atoms with Crippen molar-refractivity contribution in [2.24, 2.45) is 0 Å². The normalized spacial score (nSPS) is 25.9. The van der Waals surface area contributed by atoms with Gasteiger partial charge in [-0.3, -0.25) is 4.90 Å². The topological polar surface area (TPSA) is 63.7 Å². The third-order valence-electron chi connectivity index (χ3n) is 3.62. The highest BCUT2D eigenvalue weighted by molar-refractivity contribution is 7.96. The molecule has 2 aliphatic heterocycles. The van der Waals surface area contributed by atoms with E-state index < -0.39 is 44.0 Å². The van der Waals surface area contributed by atoms with Gasteiger partial charge in [0, 0.05) is 12.5 Å². The number of carbonyl (C=O) groups excluding carboxylic acids is 1. The average molecular weight is 341 g/mol. The molecule has 1 saturated heterocycles. The first-order valence-electron chi connectivity index (χ1n) is 6.86. The molecule has 2 atom stereocenters. The van der Waals surface area contributed by atoms with Crippen molar-refractivity contribution in [3.63, 3.8) is 0 Å². The lowest BCUT2D eigenvalue weighted by Crippen LogP contribution is -2.46. The first kappa shape index (κ1) is 17.1. The number of sulfone groups is 1. The van der Waals surface area contributed by atoms with Gasteiger partial charge in [0.2, 0.25) is 0 Å². The van der Waals surface area contributed by atoms with Crippen molar-refractivity contribution in [1.82, 2.24) is 4.90 Å². The smallest absolute Gasteiger partial charge is 0.444 e. The molecule has 5 nitrogen and oxygen atoms in total. The molecular weight excluding hydrogens is 323 g/mol. The van der Waals surface area contributed by atoms with Gasteiger partial charge in [0.1, 0.15) is 5.60 Å². The van der Waals surface area contributed by atoms with E-state index in [9.17, 15) is 26.4 Å². The van der Waals surface area contributed by atoms with E-state index in [1.165, 1.54) is 4.90 Å². The van der Waals surface area contributed by atoms with Crippen LogP contribution in [0.5, 0.6) is 0 Å². The second-order valence-corrected chi connectivity index (χ2v) is 8.47. The number of fused-ring (bicyclic) bond motifs is 2. The van der Waals surface area contributed by atoms with E-state index in [1.54, 1.807) is 20.8 Å². The molecule has 2 unspecified atom stereocenters. The van der Waals surface area contributed by atoms with Crippen LogP contribution in [0.4, 0.5) is 18.0 Å².